The summed E-state index contributed by atoms with van der Waals surface area (Å²) >= 11 is 1.65. The van der Waals surface area contributed by atoms with Gasteiger partial charge < -0.3 is 10.5 Å². The zero-order valence-electron chi connectivity index (χ0n) is 10.7. The SMILES string of the molecule is CC(C)(C)OC(=O)n1nc(N)cc1C1CC=CS1. The first kappa shape index (κ1) is 13.0. The average Bonchev–Trinajstić information content (AvgIpc) is 2.82. The number of nitrogens with zero attached hydrogens (tertiary/aromatic N) is 2. The van der Waals surface area contributed by atoms with Crippen LogP contribution in [0.1, 0.15) is 38.1 Å². The van der Waals surface area contributed by atoms with Crippen LogP contribution in [0.25, 0.3) is 0 Å². The molecule has 98 valence electrons. The lowest BCUT2D eigenvalue weighted by atomic mass is 10.2. The normalized spacial score (nSPS) is 19.2. The van der Waals surface area contributed by atoms with Gasteiger partial charge in [-0.2, -0.15) is 4.68 Å². The zero-order valence-corrected chi connectivity index (χ0v) is 11.5. The van der Waals surface area contributed by atoms with Crippen molar-refractivity contribution < 1.29 is 9.53 Å². The summed E-state index contributed by atoms with van der Waals surface area (Å²) in [4.78, 5) is 12.0. The minimum Gasteiger partial charge on any atom is -0.442 e. The summed E-state index contributed by atoms with van der Waals surface area (Å²) in [7, 11) is 0. The van der Waals surface area contributed by atoms with Gasteiger partial charge in [0.05, 0.1) is 10.9 Å². The molecular weight excluding hydrogens is 250 g/mol. The largest absolute Gasteiger partial charge is 0.442 e. The van der Waals surface area contributed by atoms with Gasteiger partial charge in [-0.05, 0) is 32.6 Å². The number of hydrogen-bond acceptors (Lipinski definition) is 5. The molecule has 2 rings (SSSR count). The Morgan fingerprint density at radius 1 is 1.61 bits per heavy atom. The number of rotatable bonds is 1. The standard InChI is InChI=1S/C12H17N3O2S/c1-12(2,3)17-11(16)15-8(7-10(13)14-15)9-5-4-6-18-9/h4,6-7,9H,5H2,1-3H3,(H2,13,14). The molecule has 2 heterocycles. The van der Waals surface area contributed by atoms with Crippen molar-refractivity contribution in [1.82, 2.24) is 9.78 Å². The Morgan fingerprint density at radius 3 is 2.89 bits per heavy atom. The van der Waals surface area contributed by atoms with Crippen LogP contribution in [0, 0.1) is 0 Å². The van der Waals surface area contributed by atoms with Crippen molar-refractivity contribution in [2.24, 2.45) is 0 Å². The number of hydrogen-bond donors (Lipinski definition) is 1. The predicted octanol–water partition coefficient (Wildman–Crippen LogP) is 2.94. The van der Waals surface area contributed by atoms with Crippen LogP contribution in [-0.2, 0) is 4.74 Å². The molecule has 1 atom stereocenters. The van der Waals surface area contributed by atoms with E-state index in [9.17, 15) is 4.79 Å². The Labute approximate surface area is 110 Å². The van der Waals surface area contributed by atoms with E-state index in [-0.39, 0.29) is 5.25 Å². The maximum Gasteiger partial charge on any atom is 0.435 e. The fraction of sp³-hybridized carbons (Fsp3) is 0.500. The summed E-state index contributed by atoms with van der Waals surface area (Å²) in [5.74, 6) is 0.336. The van der Waals surface area contributed by atoms with Gasteiger partial charge in [-0.1, -0.05) is 6.08 Å². The van der Waals surface area contributed by atoms with E-state index in [1.165, 1.54) is 4.68 Å². The number of thioether (sulfide) groups is 1. The Balaban J connectivity index is 2.24. The highest BCUT2D eigenvalue weighted by Crippen LogP contribution is 2.38. The third-order valence-electron chi connectivity index (χ3n) is 2.34. The van der Waals surface area contributed by atoms with Gasteiger partial charge in [-0.3, -0.25) is 0 Å². The minimum atomic E-state index is -0.546. The van der Waals surface area contributed by atoms with E-state index in [1.807, 2.05) is 26.2 Å². The van der Waals surface area contributed by atoms with Gasteiger partial charge in [0.1, 0.15) is 11.4 Å². The molecule has 1 aliphatic heterocycles. The lowest BCUT2D eigenvalue weighted by Gasteiger charge is -2.20. The van der Waals surface area contributed by atoms with Gasteiger partial charge in [-0.15, -0.1) is 16.9 Å². The topological polar surface area (TPSA) is 70.1 Å². The molecule has 0 saturated heterocycles. The number of ether oxygens (including phenoxy) is 1. The third-order valence-corrected chi connectivity index (χ3v) is 3.45. The number of aromatic nitrogens is 2. The molecule has 0 radical (unpaired) electrons. The highest BCUT2D eigenvalue weighted by atomic mass is 32.2. The van der Waals surface area contributed by atoms with Crippen LogP contribution in [0.15, 0.2) is 17.6 Å². The van der Waals surface area contributed by atoms with Crippen LogP contribution < -0.4 is 5.73 Å². The Hall–Kier alpha value is -1.43. The number of nitrogens with two attached hydrogens (primary N) is 1. The van der Waals surface area contributed by atoms with Crippen molar-refractivity contribution in [3.63, 3.8) is 0 Å². The lowest BCUT2D eigenvalue weighted by Crippen LogP contribution is -2.29. The molecule has 0 aliphatic carbocycles. The third kappa shape index (κ3) is 2.87. The molecule has 0 spiro atoms. The summed E-state index contributed by atoms with van der Waals surface area (Å²) in [6.45, 7) is 5.47. The second-order valence-electron chi connectivity index (χ2n) is 5.12. The molecule has 0 fully saturated rings. The van der Waals surface area contributed by atoms with Crippen LogP contribution >= 0.6 is 11.8 Å². The van der Waals surface area contributed by atoms with E-state index in [4.69, 9.17) is 10.5 Å². The summed E-state index contributed by atoms with van der Waals surface area (Å²) in [6, 6.07) is 1.73. The average molecular weight is 267 g/mol. The van der Waals surface area contributed by atoms with E-state index in [0.29, 0.717) is 5.82 Å². The molecule has 18 heavy (non-hydrogen) atoms. The molecule has 6 heteroatoms. The molecule has 1 aliphatic rings. The van der Waals surface area contributed by atoms with Crippen molar-refractivity contribution in [1.29, 1.82) is 0 Å². The summed E-state index contributed by atoms with van der Waals surface area (Å²) < 4.78 is 6.58. The fourth-order valence-electron chi connectivity index (χ4n) is 1.67. The number of carbonyl (C=O) groups excluding carboxylic acids is 1. The number of nitrogen functional groups attached to an aromatic ring is 1. The first-order valence-electron chi connectivity index (χ1n) is 5.76. The van der Waals surface area contributed by atoms with Crippen LogP contribution in [0.5, 0.6) is 0 Å². The van der Waals surface area contributed by atoms with Crippen molar-refractivity contribution in [2.75, 3.05) is 5.73 Å². The van der Waals surface area contributed by atoms with Crippen LogP contribution in [0.3, 0.4) is 0 Å². The molecule has 2 N–H and O–H groups in total. The second kappa shape index (κ2) is 4.68. The summed E-state index contributed by atoms with van der Waals surface area (Å²) in [6.07, 6.45) is 2.46. The van der Waals surface area contributed by atoms with Crippen molar-refractivity contribution in [3.8, 4) is 0 Å². The zero-order chi connectivity index (χ0) is 13.3. The van der Waals surface area contributed by atoms with Gasteiger partial charge in [0.2, 0.25) is 0 Å². The molecule has 0 amide bonds. The maximum atomic E-state index is 12.0. The highest BCUT2D eigenvalue weighted by molar-refractivity contribution is 8.02. The van der Waals surface area contributed by atoms with Gasteiger partial charge >= 0.3 is 6.09 Å². The second-order valence-corrected chi connectivity index (χ2v) is 6.23. The fourth-order valence-corrected chi connectivity index (χ4v) is 2.61. The first-order valence-corrected chi connectivity index (χ1v) is 6.70. The smallest absolute Gasteiger partial charge is 0.435 e. The lowest BCUT2D eigenvalue weighted by molar-refractivity contribution is 0.0510. The summed E-state index contributed by atoms with van der Waals surface area (Å²) in [5, 5.41) is 6.22. The molecule has 0 saturated carbocycles. The van der Waals surface area contributed by atoms with E-state index < -0.39 is 11.7 Å². The number of anilines is 1. The van der Waals surface area contributed by atoms with Gasteiger partial charge in [0.15, 0.2) is 0 Å². The van der Waals surface area contributed by atoms with Crippen molar-refractivity contribution in [3.05, 3.63) is 23.2 Å². The predicted molar refractivity (Wildman–Crippen MR) is 72.4 cm³/mol. The van der Waals surface area contributed by atoms with Crippen molar-refractivity contribution >= 4 is 23.7 Å². The Morgan fingerprint density at radius 2 is 2.33 bits per heavy atom. The molecular formula is C12H17N3O2S. The van der Waals surface area contributed by atoms with Crippen LogP contribution in [-0.4, -0.2) is 21.5 Å². The Kier molecular flexibility index (Phi) is 3.38. The molecule has 1 aromatic heterocycles. The molecule has 5 nitrogen and oxygen atoms in total. The molecule has 1 aromatic rings. The monoisotopic (exact) mass is 267 g/mol. The number of carbonyl (C=O) groups is 1. The van der Waals surface area contributed by atoms with E-state index >= 15 is 0 Å². The van der Waals surface area contributed by atoms with Gasteiger partial charge in [0.25, 0.3) is 0 Å². The summed E-state index contributed by atoms with van der Waals surface area (Å²) in [5.41, 5.74) is 5.92. The maximum absolute atomic E-state index is 12.0. The van der Waals surface area contributed by atoms with Gasteiger partial charge in [0, 0.05) is 6.07 Å². The first-order chi connectivity index (χ1) is 8.37. The quantitative estimate of drug-likeness (QED) is 0.847. The Bertz CT molecular complexity index is 480. The number of allylic oxidation sites excluding steroid dienone is 1. The van der Waals surface area contributed by atoms with Crippen LogP contribution in [0.4, 0.5) is 10.6 Å². The van der Waals surface area contributed by atoms with Crippen molar-refractivity contribution in [2.45, 2.75) is 38.0 Å². The van der Waals surface area contributed by atoms with Crippen LogP contribution in [0.2, 0.25) is 0 Å². The minimum absolute atomic E-state index is 0.183. The van der Waals surface area contributed by atoms with Gasteiger partial charge in [-0.25, -0.2) is 4.79 Å². The molecule has 0 aromatic carbocycles. The highest BCUT2D eigenvalue weighted by Gasteiger charge is 2.26. The van der Waals surface area contributed by atoms with E-state index in [2.05, 4.69) is 11.2 Å². The van der Waals surface area contributed by atoms with E-state index in [0.717, 1.165) is 12.1 Å². The molecule has 0 bridgehead atoms. The van der Waals surface area contributed by atoms with E-state index in [1.54, 1.807) is 17.8 Å². The molecule has 1 unspecified atom stereocenters.